The average molecular weight is 231 g/mol. The summed E-state index contributed by atoms with van der Waals surface area (Å²) in [5.74, 6) is 0.100. The number of amides is 1. The Morgan fingerprint density at radius 1 is 1.35 bits per heavy atom. The fraction of sp³-hybridized carbons (Fsp3) is 0.538. The molecule has 4 heteroatoms. The second-order valence-electron chi connectivity index (χ2n) is 5.14. The number of pyridine rings is 1. The zero-order chi connectivity index (χ0) is 12.0. The van der Waals surface area contributed by atoms with Crippen molar-refractivity contribution < 1.29 is 4.79 Å². The number of likely N-dealkylation sites (tertiary alicyclic amines) is 2. The number of carbonyl (C=O) groups is 1. The van der Waals surface area contributed by atoms with Crippen molar-refractivity contribution in [2.24, 2.45) is 0 Å². The van der Waals surface area contributed by atoms with Crippen LogP contribution in [0.4, 0.5) is 0 Å². The van der Waals surface area contributed by atoms with Gasteiger partial charge in [-0.15, -0.1) is 0 Å². The van der Waals surface area contributed by atoms with Crippen LogP contribution in [0.15, 0.2) is 18.2 Å². The maximum absolute atomic E-state index is 12.3. The van der Waals surface area contributed by atoms with E-state index in [0.717, 1.165) is 25.2 Å². The van der Waals surface area contributed by atoms with E-state index in [0.29, 0.717) is 17.8 Å². The molecule has 2 aliphatic heterocycles. The van der Waals surface area contributed by atoms with Crippen LogP contribution >= 0.6 is 0 Å². The summed E-state index contributed by atoms with van der Waals surface area (Å²) in [6.07, 6.45) is 1.15. The predicted molar refractivity (Wildman–Crippen MR) is 64.8 cm³/mol. The van der Waals surface area contributed by atoms with Gasteiger partial charge in [0.2, 0.25) is 0 Å². The molecule has 1 aromatic rings. The van der Waals surface area contributed by atoms with Gasteiger partial charge in [-0.3, -0.25) is 4.79 Å². The third-order valence-electron chi connectivity index (χ3n) is 3.72. The van der Waals surface area contributed by atoms with Crippen LogP contribution in [0.1, 0.15) is 22.6 Å². The summed E-state index contributed by atoms with van der Waals surface area (Å²) in [6.45, 7) is 3.91. The van der Waals surface area contributed by atoms with E-state index in [9.17, 15) is 4.79 Å². The topological polar surface area (TPSA) is 36.4 Å². The SMILES string of the molecule is Cc1cccc(C(=O)N2C3CC2CN(C)C3)n1. The lowest BCUT2D eigenvalue weighted by molar-refractivity contribution is -0.0400. The van der Waals surface area contributed by atoms with E-state index in [2.05, 4.69) is 16.9 Å². The number of hydrogen-bond donors (Lipinski definition) is 0. The zero-order valence-corrected chi connectivity index (χ0v) is 10.3. The second kappa shape index (κ2) is 3.81. The summed E-state index contributed by atoms with van der Waals surface area (Å²) >= 11 is 0. The van der Waals surface area contributed by atoms with Crippen molar-refractivity contribution >= 4 is 5.91 Å². The van der Waals surface area contributed by atoms with E-state index in [-0.39, 0.29) is 5.91 Å². The Morgan fingerprint density at radius 3 is 2.71 bits per heavy atom. The molecule has 1 aromatic heterocycles. The molecule has 0 aromatic carbocycles. The summed E-state index contributed by atoms with van der Waals surface area (Å²) in [7, 11) is 2.12. The molecule has 2 saturated heterocycles. The molecule has 2 fully saturated rings. The van der Waals surface area contributed by atoms with Crippen LogP contribution in [0.3, 0.4) is 0 Å². The van der Waals surface area contributed by atoms with Gasteiger partial charge in [0.25, 0.3) is 5.91 Å². The van der Waals surface area contributed by atoms with E-state index in [4.69, 9.17) is 0 Å². The minimum atomic E-state index is 0.100. The van der Waals surface area contributed by atoms with E-state index in [1.54, 1.807) is 0 Å². The van der Waals surface area contributed by atoms with Crippen molar-refractivity contribution in [3.8, 4) is 0 Å². The molecular weight excluding hydrogens is 214 g/mol. The third kappa shape index (κ3) is 1.72. The number of nitrogens with zero attached hydrogens (tertiary/aromatic N) is 3. The fourth-order valence-corrected chi connectivity index (χ4v) is 2.95. The van der Waals surface area contributed by atoms with Gasteiger partial charge in [-0.1, -0.05) is 6.07 Å². The van der Waals surface area contributed by atoms with Crippen molar-refractivity contribution in [3.63, 3.8) is 0 Å². The first-order valence-corrected chi connectivity index (χ1v) is 6.10. The summed E-state index contributed by atoms with van der Waals surface area (Å²) in [4.78, 5) is 21.0. The Labute approximate surface area is 101 Å². The Morgan fingerprint density at radius 2 is 2.06 bits per heavy atom. The highest BCUT2D eigenvalue weighted by molar-refractivity contribution is 5.93. The minimum absolute atomic E-state index is 0.100. The van der Waals surface area contributed by atoms with Gasteiger partial charge in [-0.25, -0.2) is 4.98 Å². The Hall–Kier alpha value is -1.42. The number of hydrogen-bond acceptors (Lipinski definition) is 3. The summed E-state index contributed by atoms with van der Waals surface area (Å²) < 4.78 is 0. The summed E-state index contributed by atoms with van der Waals surface area (Å²) in [5.41, 5.74) is 1.49. The first kappa shape index (κ1) is 10.7. The van der Waals surface area contributed by atoms with Gasteiger partial charge in [0.15, 0.2) is 0 Å². The molecule has 2 unspecified atom stereocenters. The van der Waals surface area contributed by atoms with Crippen LogP contribution in [0, 0.1) is 6.92 Å². The molecule has 2 atom stereocenters. The normalized spacial score (nSPS) is 27.8. The Kier molecular flexibility index (Phi) is 2.40. The molecule has 0 aliphatic carbocycles. The Balaban J connectivity index is 1.80. The average Bonchev–Trinajstić information content (AvgIpc) is 2.28. The van der Waals surface area contributed by atoms with Crippen molar-refractivity contribution in [2.45, 2.75) is 25.4 Å². The summed E-state index contributed by atoms with van der Waals surface area (Å²) in [6, 6.07) is 6.42. The molecule has 2 aliphatic rings. The molecule has 0 radical (unpaired) electrons. The zero-order valence-electron chi connectivity index (χ0n) is 10.3. The second-order valence-corrected chi connectivity index (χ2v) is 5.14. The molecule has 3 heterocycles. The molecule has 17 heavy (non-hydrogen) atoms. The quantitative estimate of drug-likeness (QED) is 0.721. The van der Waals surface area contributed by atoms with E-state index in [1.807, 2.05) is 30.0 Å². The van der Waals surface area contributed by atoms with E-state index >= 15 is 0 Å². The van der Waals surface area contributed by atoms with Crippen LogP contribution in [0.25, 0.3) is 0 Å². The molecule has 2 bridgehead atoms. The molecule has 4 nitrogen and oxygen atoms in total. The fourth-order valence-electron chi connectivity index (χ4n) is 2.95. The molecule has 0 saturated carbocycles. The number of likely N-dealkylation sites (N-methyl/N-ethyl adjacent to an activating group) is 1. The van der Waals surface area contributed by atoms with Crippen LogP contribution < -0.4 is 0 Å². The van der Waals surface area contributed by atoms with E-state index < -0.39 is 0 Å². The van der Waals surface area contributed by atoms with Crippen LogP contribution in [0.2, 0.25) is 0 Å². The molecule has 90 valence electrons. The maximum atomic E-state index is 12.3. The monoisotopic (exact) mass is 231 g/mol. The highest BCUT2D eigenvalue weighted by atomic mass is 16.2. The highest BCUT2D eigenvalue weighted by Gasteiger charge is 2.46. The molecule has 3 rings (SSSR count). The number of rotatable bonds is 1. The number of aromatic nitrogens is 1. The highest BCUT2D eigenvalue weighted by Crippen LogP contribution is 2.32. The van der Waals surface area contributed by atoms with Crippen LogP contribution in [-0.2, 0) is 0 Å². The predicted octanol–water partition coefficient (Wildman–Crippen LogP) is 0.919. The number of piperazine rings is 1. The van der Waals surface area contributed by atoms with Gasteiger partial charge in [-0.2, -0.15) is 0 Å². The molecule has 0 N–H and O–H groups in total. The van der Waals surface area contributed by atoms with Gasteiger partial charge < -0.3 is 9.80 Å². The first-order valence-electron chi connectivity index (χ1n) is 6.10. The van der Waals surface area contributed by atoms with Gasteiger partial charge >= 0.3 is 0 Å². The van der Waals surface area contributed by atoms with Gasteiger partial charge in [-0.05, 0) is 32.5 Å². The third-order valence-corrected chi connectivity index (χ3v) is 3.72. The van der Waals surface area contributed by atoms with Crippen LogP contribution in [0.5, 0.6) is 0 Å². The largest absolute Gasteiger partial charge is 0.329 e. The van der Waals surface area contributed by atoms with E-state index in [1.165, 1.54) is 0 Å². The molecular formula is C13H17N3O. The van der Waals surface area contributed by atoms with Gasteiger partial charge in [0.05, 0.1) is 0 Å². The number of piperidine rings is 1. The van der Waals surface area contributed by atoms with Crippen molar-refractivity contribution in [3.05, 3.63) is 29.6 Å². The van der Waals surface area contributed by atoms with Gasteiger partial charge in [0, 0.05) is 30.9 Å². The minimum Gasteiger partial charge on any atom is -0.329 e. The summed E-state index contributed by atoms with van der Waals surface area (Å²) in [5, 5.41) is 0. The number of aryl methyl sites for hydroxylation is 1. The van der Waals surface area contributed by atoms with Crippen molar-refractivity contribution in [1.82, 2.24) is 14.8 Å². The standard InChI is InChI=1S/C13H17N3O/c1-9-4-3-5-12(14-9)13(17)16-10-6-11(16)8-15(2)7-10/h3-5,10-11H,6-8H2,1-2H3. The van der Waals surface area contributed by atoms with Crippen molar-refractivity contribution in [1.29, 1.82) is 0 Å². The lowest BCUT2D eigenvalue weighted by Gasteiger charge is -2.55. The maximum Gasteiger partial charge on any atom is 0.273 e. The van der Waals surface area contributed by atoms with Crippen LogP contribution in [-0.4, -0.2) is 52.9 Å². The Bertz CT molecular complexity index is 448. The number of carbonyl (C=O) groups excluding carboxylic acids is 1. The van der Waals surface area contributed by atoms with Gasteiger partial charge in [0.1, 0.15) is 5.69 Å². The molecule has 1 amide bonds. The first-order chi connectivity index (χ1) is 8.15. The lowest BCUT2D eigenvalue weighted by atomic mass is 9.87. The smallest absolute Gasteiger partial charge is 0.273 e. The lowest BCUT2D eigenvalue weighted by Crippen LogP contribution is -2.69. The van der Waals surface area contributed by atoms with Crippen molar-refractivity contribution in [2.75, 3.05) is 20.1 Å². The number of fused-ring (bicyclic) bond motifs is 2. The molecule has 0 spiro atoms.